The molecule has 0 amide bonds. The summed E-state index contributed by atoms with van der Waals surface area (Å²) in [5.74, 6) is 0.881. The molecular weight excluding hydrogens is 254 g/mol. The second kappa shape index (κ2) is 5.42. The summed E-state index contributed by atoms with van der Waals surface area (Å²) >= 11 is 3.10. The van der Waals surface area contributed by atoms with Gasteiger partial charge in [-0.25, -0.2) is 9.97 Å². The van der Waals surface area contributed by atoms with Crippen molar-refractivity contribution in [1.82, 2.24) is 20.2 Å². The molecule has 2 heterocycles. The van der Waals surface area contributed by atoms with E-state index in [0.717, 1.165) is 32.3 Å². The van der Waals surface area contributed by atoms with Crippen LogP contribution in [0.1, 0.15) is 17.5 Å². The largest absolute Gasteiger partial charge is 0.370 e. The van der Waals surface area contributed by atoms with Crippen molar-refractivity contribution in [1.29, 1.82) is 0 Å². The molecule has 0 spiro atoms. The molecule has 1 N–H and O–H groups in total. The van der Waals surface area contributed by atoms with Crippen LogP contribution in [0.2, 0.25) is 0 Å². The smallest absolute Gasteiger partial charge is 0.180 e. The van der Waals surface area contributed by atoms with Gasteiger partial charge in [-0.1, -0.05) is 11.3 Å². The second-order valence-electron chi connectivity index (χ2n) is 3.37. The van der Waals surface area contributed by atoms with Crippen LogP contribution in [-0.4, -0.2) is 26.7 Å². The lowest BCUT2D eigenvalue weighted by Crippen LogP contribution is -2.03. The summed E-state index contributed by atoms with van der Waals surface area (Å²) in [7, 11) is 0. The minimum atomic E-state index is 0.847. The molecule has 0 saturated carbocycles. The first kappa shape index (κ1) is 12.3. The summed E-state index contributed by atoms with van der Waals surface area (Å²) in [6.45, 7) is 6.84. The lowest BCUT2D eigenvalue weighted by Gasteiger charge is -2.08. The highest BCUT2D eigenvalue weighted by Gasteiger charge is 2.10. The highest BCUT2D eigenvalue weighted by atomic mass is 32.2. The van der Waals surface area contributed by atoms with E-state index in [2.05, 4.69) is 25.5 Å². The van der Waals surface area contributed by atoms with E-state index in [1.807, 2.05) is 20.8 Å². The maximum absolute atomic E-state index is 4.28. The van der Waals surface area contributed by atoms with Gasteiger partial charge in [0.2, 0.25) is 0 Å². The zero-order valence-electron chi connectivity index (χ0n) is 9.89. The van der Waals surface area contributed by atoms with Crippen molar-refractivity contribution in [2.45, 2.75) is 30.1 Å². The van der Waals surface area contributed by atoms with Crippen LogP contribution >= 0.6 is 23.1 Å². The number of aromatic nitrogens is 4. The number of anilines is 1. The second-order valence-corrected chi connectivity index (χ2v) is 5.79. The van der Waals surface area contributed by atoms with Gasteiger partial charge in [-0.05, 0) is 32.5 Å². The van der Waals surface area contributed by atoms with Crippen molar-refractivity contribution < 1.29 is 0 Å². The lowest BCUT2D eigenvalue weighted by atomic mass is 10.3. The third kappa shape index (κ3) is 2.92. The van der Waals surface area contributed by atoms with E-state index >= 15 is 0 Å². The van der Waals surface area contributed by atoms with Crippen LogP contribution in [0, 0.1) is 13.8 Å². The quantitative estimate of drug-likeness (QED) is 0.859. The average molecular weight is 267 g/mol. The highest BCUT2D eigenvalue weighted by molar-refractivity contribution is 8.01. The molecule has 7 heteroatoms. The normalized spacial score (nSPS) is 10.5. The molecule has 0 bridgehead atoms. The van der Waals surface area contributed by atoms with Crippen molar-refractivity contribution in [3.8, 4) is 0 Å². The van der Waals surface area contributed by atoms with Gasteiger partial charge in [-0.2, -0.15) is 0 Å². The van der Waals surface area contributed by atoms with Crippen LogP contribution in [0.25, 0.3) is 0 Å². The fraction of sp³-hybridized carbons (Fsp3) is 0.400. The van der Waals surface area contributed by atoms with Gasteiger partial charge in [-0.3, -0.25) is 0 Å². The first-order valence-corrected chi connectivity index (χ1v) is 6.87. The Morgan fingerprint density at radius 3 is 2.76 bits per heavy atom. The molecule has 0 fully saturated rings. The topological polar surface area (TPSA) is 63.6 Å². The van der Waals surface area contributed by atoms with E-state index in [4.69, 9.17) is 0 Å². The fourth-order valence-corrected chi connectivity index (χ4v) is 3.06. The molecule has 17 heavy (non-hydrogen) atoms. The summed E-state index contributed by atoms with van der Waals surface area (Å²) in [4.78, 5) is 8.48. The van der Waals surface area contributed by atoms with Gasteiger partial charge in [0.25, 0.3) is 0 Å². The Kier molecular flexibility index (Phi) is 3.90. The van der Waals surface area contributed by atoms with Gasteiger partial charge in [0.05, 0.1) is 0 Å². The summed E-state index contributed by atoms with van der Waals surface area (Å²) in [6, 6.07) is 0. The van der Waals surface area contributed by atoms with Crippen molar-refractivity contribution in [3.05, 3.63) is 16.9 Å². The van der Waals surface area contributed by atoms with Crippen molar-refractivity contribution >= 4 is 28.9 Å². The number of aryl methyl sites for hydroxylation is 1. The third-order valence-electron chi connectivity index (χ3n) is 2.07. The van der Waals surface area contributed by atoms with Crippen LogP contribution in [0.5, 0.6) is 0 Å². The van der Waals surface area contributed by atoms with E-state index in [1.54, 1.807) is 17.7 Å². The Labute approximate surface area is 108 Å². The maximum atomic E-state index is 4.28. The number of hydrogen-bond acceptors (Lipinski definition) is 7. The zero-order valence-corrected chi connectivity index (χ0v) is 11.5. The standard InChI is InChI=1S/C10H13N5S2/c1-4-11-8-6(2)9(13-5-12-8)17-10-15-14-7(3)16-10/h5H,4H2,1-3H3,(H,11,12,13). The molecule has 0 aliphatic carbocycles. The van der Waals surface area contributed by atoms with Crippen molar-refractivity contribution in [2.75, 3.05) is 11.9 Å². The van der Waals surface area contributed by atoms with Crippen LogP contribution in [0.3, 0.4) is 0 Å². The molecule has 0 radical (unpaired) electrons. The minimum Gasteiger partial charge on any atom is -0.370 e. The molecule has 0 unspecified atom stereocenters. The first-order chi connectivity index (χ1) is 8.20. The summed E-state index contributed by atoms with van der Waals surface area (Å²) in [6.07, 6.45) is 1.57. The van der Waals surface area contributed by atoms with Crippen LogP contribution in [0.15, 0.2) is 15.7 Å². The Morgan fingerprint density at radius 1 is 1.29 bits per heavy atom. The van der Waals surface area contributed by atoms with Gasteiger partial charge in [0, 0.05) is 12.1 Å². The Hall–Kier alpha value is -1.21. The van der Waals surface area contributed by atoms with Crippen LogP contribution in [-0.2, 0) is 0 Å². The molecule has 2 aromatic rings. The van der Waals surface area contributed by atoms with E-state index in [9.17, 15) is 0 Å². The zero-order chi connectivity index (χ0) is 12.3. The van der Waals surface area contributed by atoms with Crippen molar-refractivity contribution in [3.63, 3.8) is 0 Å². The molecule has 0 aliphatic heterocycles. The van der Waals surface area contributed by atoms with Crippen LogP contribution in [0.4, 0.5) is 5.82 Å². The molecule has 2 aromatic heterocycles. The number of rotatable bonds is 4. The van der Waals surface area contributed by atoms with E-state index < -0.39 is 0 Å². The van der Waals surface area contributed by atoms with E-state index in [-0.39, 0.29) is 0 Å². The minimum absolute atomic E-state index is 0.847. The third-order valence-corrected chi connectivity index (χ3v) is 4.07. The summed E-state index contributed by atoms with van der Waals surface area (Å²) < 4.78 is 0.909. The molecule has 90 valence electrons. The molecule has 0 saturated heterocycles. The summed E-state index contributed by atoms with van der Waals surface area (Å²) in [5.41, 5.74) is 1.05. The van der Waals surface area contributed by atoms with E-state index in [0.29, 0.717) is 0 Å². The highest BCUT2D eigenvalue weighted by Crippen LogP contribution is 2.32. The average Bonchev–Trinajstić information content (AvgIpc) is 2.70. The molecule has 0 aliphatic rings. The predicted molar refractivity (Wildman–Crippen MR) is 69.7 cm³/mol. The number of nitrogens with one attached hydrogen (secondary N) is 1. The molecule has 2 rings (SSSR count). The Balaban J connectivity index is 2.23. The number of hydrogen-bond donors (Lipinski definition) is 1. The van der Waals surface area contributed by atoms with Gasteiger partial charge in [0.1, 0.15) is 22.2 Å². The number of nitrogens with zero attached hydrogens (tertiary/aromatic N) is 4. The van der Waals surface area contributed by atoms with Gasteiger partial charge in [0.15, 0.2) is 4.34 Å². The Morgan fingerprint density at radius 2 is 2.12 bits per heavy atom. The lowest BCUT2D eigenvalue weighted by molar-refractivity contribution is 0.966. The molecule has 0 aromatic carbocycles. The Bertz CT molecular complexity index is 511. The molecule has 0 atom stereocenters. The van der Waals surface area contributed by atoms with Gasteiger partial charge >= 0.3 is 0 Å². The maximum Gasteiger partial charge on any atom is 0.180 e. The van der Waals surface area contributed by atoms with Crippen LogP contribution < -0.4 is 5.32 Å². The fourth-order valence-electron chi connectivity index (χ4n) is 1.28. The van der Waals surface area contributed by atoms with E-state index in [1.165, 1.54) is 11.8 Å². The van der Waals surface area contributed by atoms with Crippen molar-refractivity contribution in [2.24, 2.45) is 0 Å². The summed E-state index contributed by atoms with van der Waals surface area (Å²) in [5, 5.41) is 13.2. The SMILES string of the molecule is CCNc1ncnc(Sc2nnc(C)s2)c1C. The van der Waals surface area contributed by atoms with Gasteiger partial charge < -0.3 is 5.32 Å². The monoisotopic (exact) mass is 267 g/mol. The predicted octanol–water partition coefficient (Wildman–Crippen LogP) is 2.53. The van der Waals surface area contributed by atoms with Gasteiger partial charge in [-0.15, -0.1) is 10.2 Å². The first-order valence-electron chi connectivity index (χ1n) is 5.24. The molecule has 5 nitrogen and oxygen atoms in total. The molecular formula is C10H13N5S2.